The summed E-state index contributed by atoms with van der Waals surface area (Å²) in [5, 5.41) is 6.22. The maximum absolute atomic E-state index is 11.8. The average Bonchev–Trinajstić information content (AvgIpc) is 3.02. The Morgan fingerprint density at radius 2 is 2.12 bits per heavy atom. The summed E-state index contributed by atoms with van der Waals surface area (Å²) in [4.78, 5) is 16.5. The molecule has 1 amide bonds. The lowest BCUT2D eigenvalue weighted by Gasteiger charge is -2.19. The number of thiazole rings is 1. The minimum absolute atomic E-state index is 0. The molecule has 0 aromatic carbocycles. The van der Waals surface area contributed by atoms with E-state index in [4.69, 9.17) is 15.5 Å². The van der Waals surface area contributed by atoms with Crippen molar-refractivity contribution in [2.45, 2.75) is 57.0 Å². The van der Waals surface area contributed by atoms with Gasteiger partial charge in [0.15, 0.2) is 0 Å². The van der Waals surface area contributed by atoms with E-state index in [9.17, 15) is 4.79 Å². The second-order valence-corrected chi connectivity index (χ2v) is 6.84. The van der Waals surface area contributed by atoms with Gasteiger partial charge in [-0.05, 0) is 12.8 Å². The summed E-state index contributed by atoms with van der Waals surface area (Å²) in [6.45, 7) is 0.985. The Morgan fingerprint density at radius 1 is 1.42 bits per heavy atom. The fourth-order valence-corrected chi connectivity index (χ4v) is 3.76. The molecule has 0 bridgehead atoms. The SMILES string of the molecule is COC(CN)CC(=O)NCCc1nc(C2CCCCC2)cs1.Cl.Cl. The first-order valence-electron chi connectivity index (χ1n) is 8.16. The Bertz CT molecular complexity index is 464. The molecule has 1 aromatic heterocycles. The van der Waals surface area contributed by atoms with Gasteiger partial charge in [0.2, 0.25) is 5.91 Å². The highest BCUT2D eigenvalue weighted by Crippen LogP contribution is 2.33. The monoisotopic (exact) mass is 397 g/mol. The molecule has 1 saturated carbocycles. The Hall–Kier alpha value is -0.400. The van der Waals surface area contributed by atoms with Crippen molar-refractivity contribution in [3.8, 4) is 0 Å². The standard InChI is InChI=1S/C16H27N3O2S.2ClH/c1-21-13(10-17)9-15(20)18-8-7-16-19-14(11-22-16)12-5-3-2-4-6-12;;/h11-13H,2-10,17H2,1H3,(H,18,20);2*1H. The van der Waals surface area contributed by atoms with Crippen LogP contribution in [0.5, 0.6) is 0 Å². The van der Waals surface area contributed by atoms with Gasteiger partial charge in [0.1, 0.15) is 0 Å². The number of hydrogen-bond donors (Lipinski definition) is 2. The molecule has 0 saturated heterocycles. The number of methoxy groups -OCH3 is 1. The smallest absolute Gasteiger partial charge is 0.222 e. The van der Waals surface area contributed by atoms with Crippen LogP contribution in [-0.4, -0.2) is 37.2 Å². The van der Waals surface area contributed by atoms with E-state index in [1.54, 1.807) is 18.4 Å². The fourth-order valence-electron chi connectivity index (χ4n) is 2.88. The molecule has 0 spiro atoms. The summed E-state index contributed by atoms with van der Waals surface area (Å²) >= 11 is 1.71. The molecule has 1 aliphatic rings. The number of hydrogen-bond acceptors (Lipinski definition) is 5. The molecule has 140 valence electrons. The molecule has 1 atom stereocenters. The zero-order valence-corrected chi connectivity index (χ0v) is 16.6. The molecule has 3 N–H and O–H groups in total. The van der Waals surface area contributed by atoms with Gasteiger partial charge in [-0.15, -0.1) is 36.2 Å². The highest BCUT2D eigenvalue weighted by Gasteiger charge is 2.18. The summed E-state index contributed by atoms with van der Waals surface area (Å²) in [6, 6.07) is 0. The third-order valence-electron chi connectivity index (χ3n) is 4.26. The molecule has 0 aliphatic heterocycles. The van der Waals surface area contributed by atoms with E-state index in [0.29, 0.717) is 25.4 Å². The number of nitrogens with one attached hydrogen (secondary N) is 1. The lowest BCUT2D eigenvalue weighted by molar-refractivity contribution is -0.123. The van der Waals surface area contributed by atoms with Crippen LogP contribution in [0.2, 0.25) is 0 Å². The van der Waals surface area contributed by atoms with Crippen LogP contribution >= 0.6 is 36.2 Å². The van der Waals surface area contributed by atoms with Crippen molar-refractivity contribution in [3.05, 3.63) is 16.1 Å². The van der Waals surface area contributed by atoms with E-state index in [1.807, 2.05) is 0 Å². The minimum atomic E-state index is -0.197. The van der Waals surface area contributed by atoms with Gasteiger partial charge in [-0.2, -0.15) is 0 Å². The Balaban J connectivity index is 0.00000264. The van der Waals surface area contributed by atoms with E-state index in [0.717, 1.165) is 11.4 Å². The average molecular weight is 398 g/mol. The maximum Gasteiger partial charge on any atom is 0.222 e. The van der Waals surface area contributed by atoms with Crippen molar-refractivity contribution in [2.75, 3.05) is 20.2 Å². The van der Waals surface area contributed by atoms with Gasteiger partial charge in [-0.1, -0.05) is 19.3 Å². The quantitative estimate of drug-likeness (QED) is 0.706. The van der Waals surface area contributed by atoms with Crippen LogP contribution < -0.4 is 11.1 Å². The first kappa shape index (κ1) is 23.6. The van der Waals surface area contributed by atoms with E-state index in [2.05, 4.69) is 10.7 Å². The highest BCUT2D eigenvalue weighted by molar-refractivity contribution is 7.09. The third kappa shape index (κ3) is 7.66. The van der Waals surface area contributed by atoms with Crippen LogP contribution in [-0.2, 0) is 16.0 Å². The molecule has 1 aliphatic carbocycles. The van der Waals surface area contributed by atoms with E-state index >= 15 is 0 Å². The molecule has 8 heteroatoms. The van der Waals surface area contributed by atoms with E-state index in [-0.39, 0.29) is 36.8 Å². The summed E-state index contributed by atoms with van der Waals surface area (Å²) in [7, 11) is 1.58. The van der Waals surface area contributed by atoms with Crippen LogP contribution in [0.15, 0.2) is 5.38 Å². The first-order chi connectivity index (χ1) is 10.7. The number of aromatic nitrogens is 1. The molecule has 2 rings (SSSR count). The van der Waals surface area contributed by atoms with Crippen molar-refractivity contribution in [1.82, 2.24) is 10.3 Å². The van der Waals surface area contributed by atoms with Crippen LogP contribution in [0.25, 0.3) is 0 Å². The molecule has 1 aromatic rings. The first-order valence-corrected chi connectivity index (χ1v) is 9.04. The van der Waals surface area contributed by atoms with Crippen molar-refractivity contribution >= 4 is 42.1 Å². The number of amides is 1. The Morgan fingerprint density at radius 3 is 2.75 bits per heavy atom. The summed E-state index contributed by atoms with van der Waals surface area (Å²) in [6.07, 6.45) is 7.49. The summed E-state index contributed by atoms with van der Waals surface area (Å²) < 4.78 is 5.11. The van der Waals surface area contributed by atoms with Crippen molar-refractivity contribution in [1.29, 1.82) is 0 Å². The molecule has 1 fully saturated rings. The largest absolute Gasteiger partial charge is 0.380 e. The van der Waals surface area contributed by atoms with Gasteiger partial charge in [-0.25, -0.2) is 4.98 Å². The molecule has 24 heavy (non-hydrogen) atoms. The minimum Gasteiger partial charge on any atom is -0.380 e. The van der Waals surface area contributed by atoms with Gasteiger partial charge in [0, 0.05) is 37.9 Å². The van der Waals surface area contributed by atoms with Crippen LogP contribution in [0, 0.1) is 0 Å². The highest BCUT2D eigenvalue weighted by atomic mass is 35.5. The van der Waals surface area contributed by atoms with Crippen LogP contribution in [0.1, 0.15) is 55.1 Å². The molecule has 1 unspecified atom stereocenters. The van der Waals surface area contributed by atoms with Crippen molar-refractivity contribution in [3.63, 3.8) is 0 Å². The predicted molar refractivity (Wildman–Crippen MR) is 104 cm³/mol. The number of rotatable bonds is 8. The third-order valence-corrected chi connectivity index (χ3v) is 5.19. The van der Waals surface area contributed by atoms with E-state index < -0.39 is 0 Å². The second-order valence-electron chi connectivity index (χ2n) is 5.90. The van der Waals surface area contributed by atoms with Gasteiger partial charge in [0.25, 0.3) is 0 Å². The van der Waals surface area contributed by atoms with Gasteiger partial charge in [0.05, 0.1) is 23.2 Å². The topological polar surface area (TPSA) is 77.2 Å². The molecule has 5 nitrogen and oxygen atoms in total. The number of halogens is 2. The Kier molecular flexibility index (Phi) is 12.7. The molecule has 0 radical (unpaired) electrons. The van der Waals surface area contributed by atoms with Crippen molar-refractivity contribution < 1.29 is 9.53 Å². The molecular weight excluding hydrogens is 369 g/mol. The number of nitrogens with zero attached hydrogens (tertiary/aromatic N) is 1. The normalized spacial score (nSPS) is 15.9. The summed E-state index contributed by atoms with van der Waals surface area (Å²) in [5.74, 6) is 0.640. The lowest BCUT2D eigenvalue weighted by Crippen LogP contribution is -2.33. The second kappa shape index (κ2) is 12.9. The fraction of sp³-hybridized carbons (Fsp3) is 0.750. The van der Waals surface area contributed by atoms with Crippen LogP contribution in [0.4, 0.5) is 0 Å². The zero-order valence-electron chi connectivity index (χ0n) is 14.2. The number of carbonyl (C=O) groups is 1. The number of carbonyl (C=O) groups excluding carboxylic acids is 1. The van der Waals surface area contributed by atoms with Gasteiger partial charge < -0.3 is 15.8 Å². The Labute approximate surface area is 161 Å². The van der Waals surface area contributed by atoms with E-state index in [1.165, 1.54) is 37.8 Å². The molecule has 1 heterocycles. The number of nitrogens with two attached hydrogens (primary N) is 1. The summed E-state index contributed by atoms with van der Waals surface area (Å²) in [5.41, 5.74) is 6.77. The maximum atomic E-state index is 11.8. The van der Waals surface area contributed by atoms with Gasteiger partial charge in [-0.3, -0.25) is 4.79 Å². The lowest BCUT2D eigenvalue weighted by atomic mass is 9.87. The zero-order chi connectivity index (χ0) is 15.8. The van der Waals surface area contributed by atoms with Crippen molar-refractivity contribution in [2.24, 2.45) is 5.73 Å². The predicted octanol–water partition coefficient (Wildman–Crippen LogP) is 3.06. The molecular formula is C16H29Cl2N3O2S. The van der Waals surface area contributed by atoms with Gasteiger partial charge >= 0.3 is 0 Å². The number of ether oxygens (including phenoxy) is 1. The van der Waals surface area contributed by atoms with Crippen LogP contribution in [0.3, 0.4) is 0 Å².